The molecular weight excluding hydrogens is 375 g/mol. The maximum absolute atomic E-state index is 13.6. The normalized spacial score (nSPS) is 12.5. The van der Waals surface area contributed by atoms with E-state index >= 15 is 0 Å². The van der Waals surface area contributed by atoms with Gasteiger partial charge in [-0.3, -0.25) is 4.52 Å². The minimum atomic E-state index is -4.05. The fraction of sp³-hybridized carbons (Fsp3) is 0.136. The first kappa shape index (κ1) is 20.2. The molecule has 0 heterocycles. The Bertz CT molecular complexity index is 841. The molecule has 0 aliphatic heterocycles. The summed E-state index contributed by atoms with van der Waals surface area (Å²) in [5, 5.41) is 0. The van der Waals surface area contributed by atoms with E-state index in [2.05, 4.69) is 0 Å². The quantitative estimate of drug-likeness (QED) is 0.402. The van der Waals surface area contributed by atoms with Gasteiger partial charge in [0.05, 0.1) is 0 Å². The zero-order valence-electron chi connectivity index (χ0n) is 15.7. The van der Waals surface area contributed by atoms with E-state index in [4.69, 9.17) is 18.3 Å². The molecule has 0 aliphatic rings. The summed E-state index contributed by atoms with van der Waals surface area (Å²) in [4.78, 5) is 0. The predicted octanol–water partition coefficient (Wildman–Crippen LogP) is 6.21. The molecule has 1 unspecified atom stereocenters. The lowest BCUT2D eigenvalue weighted by atomic mass is 10.1. The third-order valence-corrected chi connectivity index (χ3v) is 5.29. The second kappa shape index (κ2) is 9.56. The topological polar surface area (TPSA) is 54.0 Å². The second-order valence-corrected chi connectivity index (χ2v) is 7.44. The van der Waals surface area contributed by atoms with Crippen molar-refractivity contribution in [1.82, 2.24) is 0 Å². The molecule has 0 aromatic heterocycles. The van der Waals surface area contributed by atoms with Crippen LogP contribution in [0.25, 0.3) is 0 Å². The lowest BCUT2D eigenvalue weighted by molar-refractivity contribution is 0.0693. The zero-order chi connectivity index (χ0) is 19.8. The maximum Gasteiger partial charge on any atom is 0.588 e. The molecule has 1 radical (unpaired) electrons. The number of phosphoric acid groups is 1. The van der Waals surface area contributed by atoms with Gasteiger partial charge in [-0.2, -0.15) is 0 Å². The average Bonchev–Trinajstić information content (AvgIpc) is 2.73. The molecule has 6 heteroatoms. The molecule has 5 nitrogen and oxygen atoms in total. The van der Waals surface area contributed by atoms with E-state index in [1.165, 1.54) is 7.11 Å². The van der Waals surface area contributed by atoms with E-state index in [0.717, 1.165) is 5.56 Å². The molecule has 3 rings (SSSR count). The van der Waals surface area contributed by atoms with Crippen LogP contribution in [0, 0.1) is 6.10 Å². The summed E-state index contributed by atoms with van der Waals surface area (Å²) >= 11 is 0. The molecular formula is C22H22O5P. The zero-order valence-corrected chi connectivity index (χ0v) is 16.6. The van der Waals surface area contributed by atoms with Crippen molar-refractivity contribution in [1.29, 1.82) is 0 Å². The van der Waals surface area contributed by atoms with Crippen molar-refractivity contribution in [3.63, 3.8) is 0 Å². The van der Waals surface area contributed by atoms with Gasteiger partial charge in [-0.05, 0) is 36.8 Å². The first-order valence-corrected chi connectivity index (χ1v) is 10.3. The molecule has 145 valence electrons. The number of para-hydroxylation sites is 2. The van der Waals surface area contributed by atoms with Crippen LogP contribution >= 0.6 is 7.82 Å². The number of benzene rings is 3. The smallest absolute Gasteiger partial charge is 0.395 e. The third kappa shape index (κ3) is 5.46. The highest BCUT2D eigenvalue weighted by Gasteiger charge is 2.38. The summed E-state index contributed by atoms with van der Waals surface area (Å²) < 4.78 is 36.3. The van der Waals surface area contributed by atoms with Crippen LogP contribution in [0.15, 0.2) is 91.0 Å². The van der Waals surface area contributed by atoms with Gasteiger partial charge in [0.25, 0.3) is 0 Å². The third-order valence-electron chi connectivity index (χ3n) is 3.95. The molecule has 0 aliphatic carbocycles. The van der Waals surface area contributed by atoms with E-state index in [1.54, 1.807) is 55.5 Å². The van der Waals surface area contributed by atoms with E-state index < -0.39 is 13.9 Å². The standard InChI is InChI=1S/C22H22O5P/c1-18(24-2)22(19-12-6-3-7-13-19)27-28(23,25-20-14-8-4-9-15-20)26-21-16-10-5-11-17-21/h3-17,22H,1-2H3. The number of hydrogen-bond acceptors (Lipinski definition) is 5. The lowest BCUT2D eigenvalue weighted by Gasteiger charge is -2.27. The lowest BCUT2D eigenvalue weighted by Crippen LogP contribution is -2.16. The number of hydrogen-bond donors (Lipinski definition) is 0. The van der Waals surface area contributed by atoms with Crippen molar-refractivity contribution >= 4 is 7.82 Å². The Morgan fingerprint density at radius 3 is 1.61 bits per heavy atom. The van der Waals surface area contributed by atoms with Crippen molar-refractivity contribution in [2.45, 2.75) is 13.0 Å². The molecule has 3 aromatic carbocycles. The molecule has 1 atom stereocenters. The molecule has 0 N–H and O–H groups in total. The fourth-order valence-corrected chi connectivity index (χ4v) is 3.93. The Kier molecular flexibility index (Phi) is 6.88. The maximum atomic E-state index is 13.6. The molecule has 28 heavy (non-hydrogen) atoms. The minimum Gasteiger partial charge on any atom is -0.395 e. The molecule has 0 saturated heterocycles. The van der Waals surface area contributed by atoms with Gasteiger partial charge in [0.2, 0.25) is 0 Å². The van der Waals surface area contributed by atoms with Crippen LogP contribution in [0.2, 0.25) is 0 Å². The number of ether oxygens (including phenoxy) is 1. The van der Waals surface area contributed by atoms with Gasteiger partial charge in [-0.25, -0.2) is 4.57 Å². The number of phosphoric ester groups is 1. The average molecular weight is 397 g/mol. The van der Waals surface area contributed by atoms with Crippen LogP contribution in [0.1, 0.15) is 18.6 Å². The number of rotatable bonds is 9. The van der Waals surface area contributed by atoms with E-state index in [9.17, 15) is 4.57 Å². The largest absolute Gasteiger partial charge is 0.588 e. The Hall–Kier alpha value is -2.59. The van der Waals surface area contributed by atoms with Gasteiger partial charge in [0, 0.05) is 7.11 Å². The Morgan fingerprint density at radius 1 is 0.750 bits per heavy atom. The van der Waals surface area contributed by atoms with E-state index in [-0.39, 0.29) is 0 Å². The first-order chi connectivity index (χ1) is 13.6. The second-order valence-electron chi connectivity index (χ2n) is 5.97. The van der Waals surface area contributed by atoms with Crippen LogP contribution in [-0.2, 0) is 13.8 Å². The fourth-order valence-electron chi connectivity index (χ4n) is 2.52. The van der Waals surface area contributed by atoms with Crippen molar-refractivity contribution < 1.29 is 22.9 Å². The van der Waals surface area contributed by atoms with Crippen LogP contribution in [0.3, 0.4) is 0 Å². The van der Waals surface area contributed by atoms with Crippen molar-refractivity contribution in [3.8, 4) is 11.5 Å². The van der Waals surface area contributed by atoms with Gasteiger partial charge < -0.3 is 13.8 Å². The molecule has 0 spiro atoms. The Balaban J connectivity index is 1.93. The molecule has 0 amide bonds. The van der Waals surface area contributed by atoms with Gasteiger partial charge in [0.15, 0.2) is 0 Å². The Morgan fingerprint density at radius 2 is 1.18 bits per heavy atom. The summed E-state index contributed by atoms with van der Waals surface area (Å²) in [6.45, 7) is 1.76. The molecule has 0 saturated carbocycles. The van der Waals surface area contributed by atoms with Crippen LogP contribution in [-0.4, -0.2) is 7.11 Å². The summed E-state index contributed by atoms with van der Waals surface area (Å²) in [6.07, 6.45) is -0.204. The van der Waals surface area contributed by atoms with E-state index in [0.29, 0.717) is 17.6 Å². The van der Waals surface area contributed by atoms with Gasteiger partial charge >= 0.3 is 7.82 Å². The summed E-state index contributed by atoms with van der Waals surface area (Å²) in [5.41, 5.74) is 0.774. The highest BCUT2D eigenvalue weighted by atomic mass is 31.2. The van der Waals surface area contributed by atoms with Crippen molar-refractivity contribution in [3.05, 3.63) is 103 Å². The summed E-state index contributed by atoms with van der Waals surface area (Å²) in [7, 11) is -2.52. The molecule has 0 fully saturated rings. The molecule has 0 bridgehead atoms. The first-order valence-electron chi connectivity index (χ1n) is 8.80. The Labute approximate surface area is 165 Å². The van der Waals surface area contributed by atoms with Gasteiger partial charge in [-0.15, -0.1) is 0 Å². The number of methoxy groups -OCH3 is 1. The summed E-state index contributed by atoms with van der Waals surface area (Å²) in [6, 6.07) is 26.9. The highest BCUT2D eigenvalue weighted by molar-refractivity contribution is 7.49. The monoisotopic (exact) mass is 397 g/mol. The SMILES string of the molecule is CO[C](C)C(OP(=O)(Oc1ccccc1)Oc1ccccc1)c1ccccc1. The van der Waals surface area contributed by atoms with Crippen LogP contribution < -0.4 is 9.05 Å². The highest BCUT2D eigenvalue weighted by Crippen LogP contribution is 2.54. The van der Waals surface area contributed by atoms with E-state index in [1.807, 2.05) is 42.5 Å². The summed E-state index contributed by atoms with van der Waals surface area (Å²) in [5.74, 6) is 0.757. The van der Waals surface area contributed by atoms with Gasteiger partial charge in [0.1, 0.15) is 23.7 Å². The molecule has 3 aromatic rings. The minimum absolute atomic E-state index is 0.378. The predicted molar refractivity (Wildman–Crippen MR) is 108 cm³/mol. The van der Waals surface area contributed by atoms with Crippen LogP contribution in [0.4, 0.5) is 0 Å². The van der Waals surface area contributed by atoms with Gasteiger partial charge in [-0.1, -0.05) is 66.7 Å². The van der Waals surface area contributed by atoms with Crippen molar-refractivity contribution in [2.24, 2.45) is 0 Å². The van der Waals surface area contributed by atoms with Crippen LogP contribution in [0.5, 0.6) is 11.5 Å². The van der Waals surface area contributed by atoms with Crippen molar-refractivity contribution in [2.75, 3.05) is 7.11 Å².